The SMILES string of the molecule is NC[C@@H]1O[C@H](O[C@@H]2[C@@H](CO)OC(O[C@@H]3[C@@H](O)[C@H](N)C[C@H](N)[C@H]3O[C@@H]3O[C@H](CN)[C@@H](O)[C@H](O)[C@H]3N)[C@@H]2O)[C@H](N)[C@@H](O)[C@@H]1O. The van der Waals surface area contributed by atoms with Crippen molar-refractivity contribution in [2.45, 2.75) is 123 Å². The van der Waals surface area contributed by atoms with E-state index in [-0.39, 0.29) is 19.5 Å². The van der Waals surface area contributed by atoms with Crippen molar-refractivity contribution >= 4 is 0 Å². The summed E-state index contributed by atoms with van der Waals surface area (Å²) in [6, 6.07) is -4.18. The quantitative estimate of drug-likeness (QED) is 0.115. The van der Waals surface area contributed by atoms with Gasteiger partial charge in [-0.15, -0.1) is 0 Å². The van der Waals surface area contributed by atoms with Gasteiger partial charge in [-0.05, 0) is 6.42 Å². The van der Waals surface area contributed by atoms with Crippen molar-refractivity contribution in [1.29, 1.82) is 0 Å². The molecule has 3 saturated heterocycles. The lowest BCUT2D eigenvalue weighted by Crippen LogP contribution is -2.68. The molecular formula is C23H46N6O13. The fraction of sp³-hybridized carbons (Fsp3) is 1.00. The molecule has 19 N–H and O–H groups in total. The molecule has 4 rings (SSSR count). The van der Waals surface area contributed by atoms with Crippen LogP contribution in [0.15, 0.2) is 0 Å². The summed E-state index contributed by atoms with van der Waals surface area (Å²) in [6.07, 6.45) is -19.8. The van der Waals surface area contributed by atoms with Gasteiger partial charge in [0, 0.05) is 25.2 Å². The lowest BCUT2D eigenvalue weighted by atomic mass is 9.84. The van der Waals surface area contributed by atoms with E-state index >= 15 is 0 Å². The van der Waals surface area contributed by atoms with E-state index in [2.05, 4.69) is 0 Å². The summed E-state index contributed by atoms with van der Waals surface area (Å²) in [6.45, 7) is -0.967. The second kappa shape index (κ2) is 14.1. The van der Waals surface area contributed by atoms with E-state index in [0.29, 0.717) is 0 Å². The van der Waals surface area contributed by atoms with Crippen LogP contribution < -0.4 is 34.4 Å². The number of hydrogen-bond donors (Lipinski definition) is 13. The van der Waals surface area contributed by atoms with E-state index in [9.17, 15) is 35.7 Å². The molecule has 19 heteroatoms. The zero-order chi connectivity index (χ0) is 31.0. The first-order valence-electron chi connectivity index (χ1n) is 13.9. The molecule has 0 aromatic heterocycles. The Balaban J connectivity index is 1.50. The molecule has 0 aromatic rings. The first kappa shape index (κ1) is 34.1. The van der Waals surface area contributed by atoms with Crippen LogP contribution in [0.4, 0.5) is 0 Å². The maximum Gasteiger partial charge on any atom is 0.187 e. The normalized spacial score (nSPS) is 53.8. The summed E-state index contributed by atoms with van der Waals surface area (Å²) in [7, 11) is 0. The third-order valence-electron chi connectivity index (χ3n) is 8.37. The predicted molar refractivity (Wildman–Crippen MR) is 138 cm³/mol. The number of ether oxygens (including phenoxy) is 6. The Morgan fingerprint density at radius 2 is 0.976 bits per heavy atom. The van der Waals surface area contributed by atoms with Crippen molar-refractivity contribution in [3.8, 4) is 0 Å². The van der Waals surface area contributed by atoms with Gasteiger partial charge in [-0.3, -0.25) is 0 Å². The topological polar surface area (TPSA) is 353 Å². The first-order valence-corrected chi connectivity index (χ1v) is 13.9. The van der Waals surface area contributed by atoms with Gasteiger partial charge in [-0.2, -0.15) is 0 Å². The molecule has 4 fully saturated rings. The minimum Gasteiger partial charge on any atom is -0.394 e. The zero-order valence-corrected chi connectivity index (χ0v) is 22.8. The monoisotopic (exact) mass is 614 g/mol. The van der Waals surface area contributed by atoms with Crippen molar-refractivity contribution in [1.82, 2.24) is 0 Å². The van der Waals surface area contributed by atoms with Crippen LogP contribution in [0.3, 0.4) is 0 Å². The van der Waals surface area contributed by atoms with Crippen molar-refractivity contribution in [3.63, 3.8) is 0 Å². The van der Waals surface area contributed by atoms with Crippen LogP contribution >= 0.6 is 0 Å². The minimum atomic E-state index is -1.60. The van der Waals surface area contributed by atoms with E-state index in [1.165, 1.54) is 0 Å². The average molecular weight is 615 g/mol. The molecule has 19 atom stereocenters. The van der Waals surface area contributed by atoms with Crippen molar-refractivity contribution < 1.29 is 64.2 Å². The molecule has 1 aliphatic carbocycles. The molecule has 0 radical (unpaired) electrons. The van der Waals surface area contributed by atoms with E-state index in [1.807, 2.05) is 0 Å². The Bertz CT molecular complexity index is 868. The summed E-state index contributed by atoms with van der Waals surface area (Å²) < 4.78 is 34.6. The third kappa shape index (κ3) is 6.60. The van der Waals surface area contributed by atoms with Crippen LogP contribution in [0.25, 0.3) is 0 Å². The van der Waals surface area contributed by atoms with Gasteiger partial charge in [0.15, 0.2) is 18.9 Å². The van der Waals surface area contributed by atoms with E-state index < -0.39 is 123 Å². The molecule has 4 aliphatic rings. The number of nitrogens with two attached hydrogens (primary N) is 6. The molecule has 0 amide bonds. The van der Waals surface area contributed by atoms with Gasteiger partial charge >= 0.3 is 0 Å². The lowest BCUT2D eigenvalue weighted by molar-refractivity contribution is -0.306. The van der Waals surface area contributed by atoms with Crippen LogP contribution in [0.2, 0.25) is 0 Å². The summed E-state index contributed by atoms with van der Waals surface area (Å²) in [5, 5.41) is 73.0. The molecule has 3 aliphatic heterocycles. The van der Waals surface area contributed by atoms with E-state index in [0.717, 1.165) is 0 Å². The largest absolute Gasteiger partial charge is 0.394 e. The molecule has 1 saturated carbocycles. The van der Waals surface area contributed by atoms with Crippen molar-refractivity contribution in [2.75, 3.05) is 19.7 Å². The van der Waals surface area contributed by atoms with Gasteiger partial charge in [0.1, 0.15) is 67.1 Å². The lowest BCUT2D eigenvalue weighted by Gasteiger charge is -2.47. The van der Waals surface area contributed by atoms with Gasteiger partial charge < -0.3 is 98.6 Å². The highest BCUT2D eigenvalue weighted by molar-refractivity contribution is 5.02. The van der Waals surface area contributed by atoms with Gasteiger partial charge in [0.2, 0.25) is 0 Å². The average Bonchev–Trinajstić information content (AvgIpc) is 3.27. The smallest absolute Gasteiger partial charge is 0.187 e. The highest BCUT2D eigenvalue weighted by atomic mass is 16.8. The molecule has 3 heterocycles. The van der Waals surface area contributed by atoms with Gasteiger partial charge in [0.25, 0.3) is 0 Å². The number of aliphatic hydroxyl groups is 7. The predicted octanol–water partition coefficient (Wildman–Crippen LogP) is -8.90. The van der Waals surface area contributed by atoms with Gasteiger partial charge in [0.05, 0.1) is 24.8 Å². The number of hydrogen-bond acceptors (Lipinski definition) is 19. The summed E-state index contributed by atoms with van der Waals surface area (Å²) in [4.78, 5) is 0. The first-order chi connectivity index (χ1) is 19.8. The Morgan fingerprint density at radius 3 is 1.45 bits per heavy atom. The van der Waals surface area contributed by atoms with Crippen molar-refractivity contribution in [3.05, 3.63) is 0 Å². The van der Waals surface area contributed by atoms with Gasteiger partial charge in [-0.25, -0.2) is 0 Å². The van der Waals surface area contributed by atoms with E-state index in [4.69, 9.17) is 62.8 Å². The van der Waals surface area contributed by atoms with Crippen molar-refractivity contribution in [2.24, 2.45) is 34.4 Å². The van der Waals surface area contributed by atoms with E-state index in [1.54, 1.807) is 0 Å². The van der Waals surface area contributed by atoms with Crippen LogP contribution in [0, 0.1) is 0 Å². The molecule has 1 unspecified atom stereocenters. The number of aliphatic hydroxyl groups excluding tert-OH is 7. The van der Waals surface area contributed by atoms with Crippen LogP contribution in [-0.2, 0) is 28.4 Å². The molecule has 42 heavy (non-hydrogen) atoms. The molecule has 246 valence electrons. The third-order valence-corrected chi connectivity index (χ3v) is 8.37. The maximum atomic E-state index is 11.1. The minimum absolute atomic E-state index is 0.0889. The van der Waals surface area contributed by atoms with Gasteiger partial charge in [-0.1, -0.05) is 0 Å². The van der Waals surface area contributed by atoms with Crippen LogP contribution in [-0.4, -0.2) is 172 Å². The second-order valence-corrected chi connectivity index (χ2v) is 11.2. The summed E-state index contributed by atoms with van der Waals surface area (Å²) in [5.41, 5.74) is 35.6. The Labute approximate surface area is 241 Å². The molecule has 19 nitrogen and oxygen atoms in total. The zero-order valence-electron chi connectivity index (χ0n) is 22.8. The fourth-order valence-electron chi connectivity index (χ4n) is 5.74. The fourth-order valence-corrected chi connectivity index (χ4v) is 5.74. The molecule has 0 aromatic carbocycles. The standard InChI is InChI=1S/C23H46N6O13/c24-2-7-13(32)15(34)10(28)21(37-7)40-18-6(27)1-5(26)12(31)20(18)42-23-17(36)19(9(4-30)39-23)41-22-11(29)16(35)14(33)8(3-25)38-22/h5-23,30-36H,1-4,24-29H2/t5-,6+,7-,8+,9-,10-,11-,12+,13-,14-,15-,16-,17-,18-,19-,20-,21+,22-,23?/m1/s1. The highest BCUT2D eigenvalue weighted by Gasteiger charge is 2.54. The molecule has 0 spiro atoms. The number of rotatable bonds is 9. The summed E-state index contributed by atoms with van der Waals surface area (Å²) >= 11 is 0. The van der Waals surface area contributed by atoms with Crippen LogP contribution in [0.5, 0.6) is 0 Å². The summed E-state index contributed by atoms with van der Waals surface area (Å²) in [5.74, 6) is 0. The van der Waals surface area contributed by atoms with Crippen LogP contribution in [0.1, 0.15) is 6.42 Å². The molecule has 0 bridgehead atoms. The second-order valence-electron chi connectivity index (χ2n) is 11.2. The Morgan fingerprint density at radius 1 is 0.524 bits per heavy atom. The Kier molecular flexibility index (Phi) is 11.5. The highest BCUT2D eigenvalue weighted by Crippen LogP contribution is 2.34. The maximum absolute atomic E-state index is 11.1. The Hall–Kier alpha value is -0.760. The molecular weight excluding hydrogens is 568 g/mol.